The van der Waals surface area contributed by atoms with Gasteiger partial charge < -0.3 is 10.1 Å². The highest BCUT2D eigenvalue weighted by atomic mass is 16.3. The van der Waals surface area contributed by atoms with Gasteiger partial charge in [0.1, 0.15) is 12.2 Å². The summed E-state index contributed by atoms with van der Waals surface area (Å²) < 4.78 is 1.75. The van der Waals surface area contributed by atoms with Crippen molar-refractivity contribution in [1.82, 2.24) is 34.4 Å². The molecule has 0 spiro atoms. The molecule has 0 aliphatic heterocycles. The second-order valence-corrected chi connectivity index (χ2v) is 10.8. The van der Waals surface area contributed by atoms with E-state index in [1.165, 1.54) is 11.1 Å². The second-order valence-electron chi connectivity index (χ2n) is 10.8. The molecule has 1 aliphatic carbocycles. The van der Waals surface area contributed by atoms with Crippen molar-refractivity contribution < 1.29 is 5.11 Å². The molecule has 6 rings (SSSR count). The molecule has 2 N–H and O–H groups in total. The number of rotatable bonds is 5. The Bertz CT molecular complexity index is 1580. The van der Waals surface area contributed by atoms with E-state index in [-0.39, 0.29) is 11.6 Å². The van der Waals surface area contributed by atoms with E-state index in [0.29, 0.717) is 13.0 Å². The van der Waals surface area contributed by atoms with E-state index in [2.05, 4.69) is 58.9 Å². The van der Waals surface area contributed by atoms with Crippen molar-refractivity contribution in [2.45, 2.75) is 58.3 Å². The van der Waals surface area contributed by atoms with Gasteiger partial charge in [0.05, 0.1) is 35.8 Å². The number of nitrogens with zero attached hydrogens (tertiary/aromatic N) is 6. The Labute approximate surface area is 216 Å². The SMILES string of the molecule is Cc1cccc(-c2[nH]c(CN(C3c4ccccc4C[C@@H]3O)C(C)(C)C)nc2-c2ccc3ncnn3c2)n1. The molecule has 188 valence electrons. The maximum Gasteiger partial charge on any atom is 0.155 e. The maximum atomic E-state index is 11.2. The van der Waals surface area contributed by atoms with Gasteiger partial charge in [0.2, 0.25) is 0 Å². The lowest BCUT2D eigenvalue weighted by molar-refractivity contribution is -0.000932. The molecule has 1 unspecified atom stereocenters. The highest BCUT2D eigenvalue weighted by Crippen LogP contribution is 2.40. The van der Waals surface area contributed by atoms with Gasteiger partial charge in [-0.2, -0.15) is 5.10 Å². The number of pyridine rings is 2. The molecular formula is C29H31N7O. The number of imidazole rings is 1. The van der Waals surface area contributed by atoms with Crippen LogP contribution in [0.15, 0.2) is 67.1 Å². The average Bonchev–Trinajstić information content (AvgIpc) is 3.58. The molecule has 8 heteroatoms. The third-order valence-electron chi connectivity index (χ3n) is 7.13. The number of H-pyrrole nitrogens is 1. The molecule has 0 bridgehead atoms. The van der Waals surface area contributed by atoms with Crippen LogP contribution in [0.1, 0.15) is 49.5 Å². The Morgan fingerprint density at radius 2 is 1.89 bits per heavy atom. The number of nitrogens with one attached hydrogen (secondary N) is 1. The summed E-state index contributed by atoms with van der Waals surface area (Å²) in [5.74, 6) is 0.818. The number of aliphatic hydroxyl groups excluding tert-OH is 1. The number of hydrogen-bond acceptors (Lipinski definition) is 6. The molecule has 0 saturated carbocycles. The number of fused-ring (bicyclic) bond motifs is 2. The van der Waals surface area contributed by atoms with Crippen molar-refractivity contribution in [3.05, 3.63) is 89.8 Å². The molecule has 0 radical (unpaired) electrons. The van der Waals surface area contributed by atoms with Crippen molar-refractivity contribution in [2.75, 3.05) is 0 Å². The molecule has 1 aromatic carbocycles. The van der Waals surface area contributed by atoms with Crippen LogP contribution in [0.5, 0.6) is 0 Å². The fourth-order valence-corrected chi connectivity index (χ4v) is 5.37. The molecule has 1 aliphatic rings. The first-order chi connectivity index (χ1) is 17.8. The summed E-state index contributed by atoms with van der Waals surface area (Å²) in [7, 11) is 0. The smallest absolute Gasteiger partial charge is 0.155 e. The summed E-state index contributed by atoms with van der Waals surface area (Å²) in [4.78, 5) is 20.1. The van der Waals surface area contributed by atoms with Gasteiger partial charge in [-0.15, -0.1) is 0 Å². The number of aromatic amines is 1. The fraction of sp³-hybridized carbons (Fsp3) is 0.310. The first-order valence-electron chi connectivity index (χ1n) is 12.6. The van der Waals surface area contributed by atoms with E-state index in [4.69, 9.17) is 9.97 Å². The molecule has 2 atom stereocenters. The predicted molar refractivity (Wildman–Crippen MR) is 143 cm³/mol. The Kier molecular flexibility index (Phi) is 5.66. The first kappa shape index (κ1) is 23.5. The number of aromatic nitrogens is 6. The Balaban J connectivity index is 1.45. The van der Waals surface area contributed by atoms with Crippen molar-refractivity contribution in [2.24, 2.45) is 0 Å². The van der Waals surface area contributed by atoms with Crippen LogP contribution >= 0.6 is 0 Å². The van der Waals surface area contributed by atoms with E-state index in [0.717, 1.165) is 39.8 Å². The van der Waals surface area contributed by atoms with Gasteiger partial charge in [0, 0.05) is 29.4 Å². The van der Waals surface area contributed by atoms with Crippen LogP contribution in [0.4, 0.5) is 0 Å². The normalized spacial score (nSPS) is 17.6. The topological polar surface area (TPSA) is 95.2 Å². The van der Waals surface area contributed by atoms with Crippen LogP contribution < -0.4 is 0 Å². The molecule has 8 nitrogen and oxygen atoms in total. The Hall–Kier alpha value is -3.88. The highest BCUT2D eigenvalue weighted by molar-refractivity contribution is 5.77. The van der Waals surface area contributed by atoms with E-state index in [9.17, 15) is 5.11 Å². The summed E-state index contributed by atoms with van der Waals surface area (Å²) >= 11 is 0. The lowest BCUT2D eigenvalue weighted by Gasteiger charge is -2.41. The molecule has 5 aromatic rings. The fourth-order valence-electron chi connectivity index (χ4n) is 5.37. The van der Waals surface area contributed by atoms with Crippen LogP contribution in [-0.4, -0.2) is 51.2 Å². The highest BCUT2D eigenvalue weighted by Gasteiger charge is 2.40. The molecule has 4 aromatic heterocycles. The van der Waals surface area contributed by atoms with E-state index < -0.39 is 6.10 Å². The quantitative estimate of drug-likeness (QED) is 0.367. The zero-order valence-corrected chi connectivity index (χ0v) is 21.6. The molecule has 0 saturated heterocycles. The van der Waals surface area contributed by atoms with E-state index in [1.807, 2.05) is 49.5 Å². The van der Waals surface area contributed by atoms with Gasteiger partial charge in [0.15, 0.2) is 5.65 Å². The molecular weight excluding hydrogens is 462 g/mol. The number of hydrogen-bond donors (Lipinski definition) is 2. The average molecular weight is 494 g/mol. The van der Waals surface area contributed by atoms with Crippen LogP contribution in [0.3, 0.4) is 0 Å². The molecule has 37 heavy (non-hydrogen) atoms. The van der Waals surface area contributed by atoms with Gasteiger partial charge >= 0.3 is 0 Å². The standard InChI is InChI=1S/C29H31N7O/c1-18-8-7-11-22(32-18)27-26(20-12-13-25-30-17-31-36(25)15-20)33-24(34-27)16-35(29(2,3)4)28-21-10-6-5-9-19(21)14-23(28)37/h5-13,15,17,23,28,37H,14,16H2,1-4H3,(H,33,34)/t23-,28?/m0/s1. The van der Waals surface area contributed by atoms with Gasteiger partial charge in [-0.05, 0) is 63.1 Å². The van der Waals surface area contributed by atoms with Crippen molar-refractivity contribution in [1.29, 1.82) is 0 Å². The molecule has 4 heterocycles. The monoisotopic (exact) mass is 493 g/mol. The zero-order chi connectivity index (χ0) is 25.7. The van der Waals surface area contributed by atoms with Crippen LogP contribution in [0, 0.1) is 6.92 Å². The van der Waals surface area contributed by atoms with Gasteiger partial charge in [0.25, 0.3) is 0 Å². The molecule has 0 fully saturated rings. The van der Waals surface area contributed by atoms with Crippen molar-refractivity contribution >= 4 is 5.65 Å². The minimum Gasteiger partial charge on any atom is -0.391 e. The first-order valence-corrected chi connectivity index (χ1v) is 12.6. The van der Waals surface area contributed by atoms with E-state index in [1.54, 1.807) is 10.8 Å². The second kappa shape index (κ2) is 8.90. The minimum absolute atomic E-state index is 0.114. The number of benzene rings is 1. The summed E-state index contributed by atoms with van der Waals surface area (Å²) in [6, 6.07) is 18.2. The third-order valence-corrected chi connectivity index (χ3v) is 7.13. The van der Waals surface area contributed by atoms with E-state index >= 15 is 0 Å². The largest absolute Gasteiger partial charge is 0.391 e. The summed E-state index contributed by atoms with van der Waals surface area (Å²) in [5.41, 5.74) is 7.33. The van der Waals surface area contributed by atoms with Crippen molar-refractivity contribution in [3.63, 3.8) is 0 Å². The van der Waals surface area contributed by atoms with Crippen LogP contribution in [-0.2, 0) is 13.0 Å². The van der Waals surface area contributed by atoms with Gasteiger partial charge in [-0.1, -0.05) is 30.3 Å². The third kappa shape index (κ3) is 4.32. The van der Waals surface area contributed by atoms with Crippen LogP contribution in [0.2, 0.25) is 0 Å². The minimum atomic E-state index is -0.473. The van der Waals surface area contributed by atoms with Crippen molar-refractivity contribution in [3.8, 4) is 22.6 Å². The number of aryl methyl sites for hydroxylation is 1. The lowest BCUT2D eigenvalue weighted by atomic mass is 9.98. The van der Waals surface area contributed by atoms with Crippen LogP contribution in [0.25, 0.3) is 28.3 Å². The molecule has 0 amide bonds. The summed E-state index contributed by atoms with van der Waals surface area (Å²) in [6.45, 7) is 9.09. The Morgan fingerprint density at radius 1 is 1.05 bits per heavy atom. The predicted octanol–water partition coefficient (Wildman–Crippen LogP) is 4.75. The van der Waals surface area contributed by atoms with Gasteiger partial charge in [-0.25, -0.2) is 14.5 Å². The maximum absolute atomic E-state index is 11.2. The summed E-state index contributed by atoms with van der Waals surface area (Å²) in [6.07, 6.45) is 3.68. The zero-order valence-electron chi connectivity index (χ0n) is 21.6. The Morgan fingerprint density at radius 3 is 2.70 bits per heavy atom. The van der Waals surface area contributed by atoms with Gasteiger partial charge in [-0.3, -0.25) is 9.88 Å². The number of aliphatic hydroxyl groups is 1. The summed E-state index contributed by atoms with van der Waals surface area (Å²) in [5, 5.41) is 15.5. The lowest BCUT2D eigenvalue weighted by Crippen LogP contribution is -2.46.